The SMILES string of the molecule is CCOC(=O)/C(=C(\N)C(=O)c1ccc(OC)cc1)C1C(=O)N(Cc2ccccc2)c2ccc(Cl)cc21. The summed E-state index contributed by atoms with van der Waals surface area (Å²) in [5.74, 6) is -2.42. The molecule has 3 aromatic rings. The Balaban J connectivity index is 1.83. The lowest BCUT2D eigenvalue weighted by Gasteiger charge is -2.19. The topological polar surface area (TPSA) is 98.9 Å². The third-order valence-corrected chi connectivity index (χ3v) is 6.19. The van der Waals surface area contributed by atoms with Crippen LogP contribution in [0.4, 0.5) is 5.69 Å². The third kappa shape index (κ3) is 4.83. The second-order valence-electron chi connectivity index (χ2n) is 8.15. The Morgan fingerprint density at radius 3 is 2.36 bits per heavy atom. The second-order valence-corrected chi connectivity index (χ2v) is 8.59. The Bertz CT molecular complexity index is 1340. The number of anilines is 1. The van der Waals surface area contributed by atoms with E-state index in [1.807, 2.05) is 30.3 Å². The van der Waals surface area contributed by atoms with Crippen molar-refractivity contribution < 1.29 is 23.9 Å². The summed E-state index contributed by atoms with van der Waals surface area (Å²) >= 11 is 6.28. The van der Waals surface area contributed by atoms with Gasteiger partial charge in [0, 0.05) is 16.3 Å². The Hall–Kier alpha value is -4.10. The van der Waals surface area contributed by atoms with Crippen molar-refractivity contribution in [1.82, 2.24) is 0 Å². The number of hydrogen-bond donors (Lipinski definition) is 1. The van der Waals surface area contributed by atoms with Crippen molar-refractivity contribution in [2.75, 3.05) is 18.6 Å². The Morgan fingerprint density at radius 1 is 1.03 bits per heavy atom. The van der Waals surface area contributed by atoms with E-state index in [4.69, 9.17) is 26.8 Å². The summed E-state index contributed by atoms with van der Waals surface area (Å²) < 4.78 is 10.4. The lowest BCUT2D eigenvalue weighted by molar-refractivity contribution is -0.139. The monoisotopic (exact) mass is 504 g/mol. The number of carbonyl (C=O) groups is 3. The number of nitrogens with two attached hydrogens (primary N) is 1. The molecule has 0 saturated carbocycles. The molecule has 0 aromatic heterocycles. The summed E-state index contributed by atoms with van der Waals surface area (Å²) in [6.45, 7) is 1.95. The minimum Gasteiger partial charge on any atom is -0.497 e. The van der Waals surface area contributed by atoms with Gasteiger partial charge in [-0.15, -0.1) is 0 Å². The van der Waals surface area contributed by atoms with Crippen molar-refractivity contribution in [3.8, 4) is 5.75 Å². The number of amides is 1. The first-order valence-electron chi connectivity index (χ1n) is 11.4. The molecule has 1 unspecified atom stereocenters. The molecule has 0 saturated heterocycles. The van der Waals surface area contributed by atoms with Gasteiger partial charge in [-0.25, -0.2) is 4.79 Å². The molecule has 8 heteroatoms. The van der Waals surface area contributed by atoms with Crippen molar-refractivity contribution in [1.29, 1.82) is 0 Å². The van der Waals surface area contributed by atoms with Crippen LogP contribution < -0.4 is 15.4 Å². The molecule has 36 heavy (non-hydrogen) atoms. The van der Waals surface area contributed by atoms with Crippen LogP contribution in [0.1, 0.15) is 34.3 Å². The van der Waals surface area contributed by atoms with E-state index >= 15 is 0 Å². The van der Waals surface area contributed by atoms with E-state index in [0.717, 1.165) is 5.56 Å². The van der Waals surface area contributed by atoms with Crippen LogP contribution in [0.3, 0.4) is 0 Å². The zero-order valence-corrected chi connectivity index (χ0v) is 20.6. The molecule has 0 aliphatic carbocycles. The summed E-state index contributed by atoms with van der Waals surface area (Å²) in [5.41, 5.74) is 7.98. The minimum absolute atomic E-state index is 0.0450. The fourth-order valence-corrected chi connectivity index (χ4v) is 4.41. The molecular formula is C28H25ClN2O5. The molecule has 1 aliphatic rings. The number of benzene rings is 3. The molecule has 1 heterocycles. The molecule has 4 rings (SSSR count). The number of carbonyl (C=O) groups excluding carboxylic acids is 3. The predicted octanol–water partition coefficient (Wildman–Crippen LogP) is 4.64. The van der Waals surface area contributed by atoms with Crippen molar-refractivity contribution in [2.45, 2.75) is 19.4 Å². The van der Waals surface area contributed by atoms with Gasteiger partial charge in [-0.2, -0.15) is 0 Å². The molecular weight excluding hydrogens is 480 g/mol. The fraction of sp³-hybridized carbons (Fsp3) is 0.179. The van der Waals surface area contributed by atoms with Crippen molar-refractivity contribution in [2.24, 2.45) is 5.73 Å². The summed E-state index contributed by atoms with van der Waals surface area (Å²) in [7, 11) is 1.51. The molecule has 0 radical (unpaired) electrons. The molecule has 1 aliphatic heterocycles. The van der Waals surface area contributed by atoms with Crippen molar-refractivity contribution in [3.05, 3.63) is 106 Å². The lowest BCUT2D eigenvalue weighted by atomic mass is 9.89. The number of methoxy groups -OCH3 is 1. The highest BCUT2D eigenvalue weighted by molar-refractivity contribution is 6.31. The van der Waals surface area contributed by atoms with Gasteiger partial charge in [-0.3, -0.25) is 9.59 Å². The van der Waals surface area contributed by atoms with E-state index < -0.39 is 23.6 Å². The van der Waals surface area contributed by atoms with Gasteiger partial charge in [0.1, 0.15) is 5.75 Å². The van der Waals surface area contributed by atoms with E-state index in [-0.39, 0.29) is 30.0 Å². The number of ketones is 1. The Kier molecular flexibility index (Phi) is 7.41. The first-order chi connectivity index (χ1) is 17.3. The van der Waals surface area contributed by atoms with Crippen LogP contribution in [0.5, 0.6) is 5.75 Å². The highest BCUT2D eigenvalue weighted by Crippen LogP contribution is 2.44. The van der Waals surface area contributed by atoms with Gasteiger partial charge in [0.05, 0.1) is 37.4 Å². The standard InChI is InChI=1S/C28H25ClN2O5/c1-3-36-28(34)24(25(30)26(32)18-9-12-20(35-2)13-10-18)23-21-15-19(29)11-14-22(21)31(27(23)33)16-17-7-5-4-6-8-17/h4-15,23H,3,16,30H2,1-2H3/b25-24-. The Labute approximate surface area is 214 Å². The van der Waals surface area contributed by atoms with Gasteiger partial charge >= 0.3 is 5.97 Å². The average Bonchev–Trinajstić information content (AvgIpc) is 3.14. The summed E-state index contributed by atoms with van der Waals surface area (Å²) in [6, 6.07) is 20.8. The van der Waals surface area contributed by atoms with E-state index in [2.05, 4.69) is 0 Å². The number of allylic oxidation sites excluding steroid dienone is 1. The summed E-state index contributed by atoms with van der Waals surface area (Å²) in [5, 5.41) is 0.386. The highest BCUT2D eigenvalue weighted by atomic mass is 35.5. The fourth-order valence-electron chi connectivity index (χ4n) is 4.23. The van der Waals surface area contributed by atoms with E-state index in [0.29, 0.717) is 22.0 Å². The van der Waals surface area contributed by atoms with Crippen LogP contribution in [-0.2, 0) is 20.9 Å². The predicted molar refractivity (Wildman–Crippen MR) is 137 cm³/mol. The van der Waals surface area contributed by atoms with Crippen LogP contribution in [-0.4, -0.2) is 31.4 Å². The maximum atomic E-state index is 13.8. The molecule has 0 fully saturated rings. The number of rotatable bonds is 8. The molecule has 1 amide bonds. The van der Waals surface area contributed by atoms with Gasteiger partial charge in [0.15, 0.2) is 0 Å². The Morgan fingerprint density at radius 2 is 1.72 bits per heavy atom. The zero-order valence-electron chi connectivity index (χ0n) is 19.9. The van der Waals surface area contributed by atoms with E-state index in [1.54, 1.807) is 54.3 Å². The van der Waals surface area contributed by atoms with Gasteiger partial charge in [-0.05, 0) is 60.5 Å². The zero-order chi connectivity index (χ0) is 25.8. The lowest BCUT2D eigenvalue weighted by Crippen LogP contribution is -2.32. The van der Waals surface area contributed by atoms with Crippen molar-refractivity contribution >= 4 is 34.9 Å². The minimum atomic E-state index is -1.15. The molecule has 1 atom stereocenters. The number of fused-ring (bicyclic) bond motifs is 1. The quantitative estimate of drug-likeness (QED) is 0.272. The smallest absolute Gasteiger partial charge is 0.337 e. The summed E-state index contributed by atoms with van der Waals surface area (Å²) in [6.07, 6.45) is 0. The first kappa shape index (κ1) is 25.0. The molecule has 3 aromatic carbocycles. The molecule has 184 valence electrons. The average molecular weight is 505 g/mol. The highest BCUT2D eigenvalue weighted by Gasteiger charge is 2.44. The van der Waals surface area contributed by atoms with Crippen LogP contribution in [0, 0.1) is 0 Å². The molecule has 7 nitrogen and oxygen atoms in total. The van der Waals surface area contributed by atoms with Crippen LogP contribution in [0.25, 0.3) is 0 Å². The molecule has 0 bridgehead atoms. The van der Waals surface area contributed by atoms with E-state index in [9.17, 15) is 14.4 Å². The maximum Gasteiger partial charge on any atom is 0.337 e. The van der Waals surface area contributed by atoms with Crippen LogP contribution in [0.2, 0.25) is 5.02 Å². The number of ether oxygens (including phenoxy) is 2. The number of halogens is 1. The normalized spacial score (nSPS) is 15.2. The largest absolute Gasteiger partial charge is 0.497 e. The van der Waals surface area contributed by atoms with Gasteiger partial charge < -0.3 is 20.1 Å². The van der Waals surface area contributed by atoms with Gasteiger partial charge in [0.25, 0.3) is 0 Å². The van der Waals surface area contributed by atoms with Crippen LogP contribution >= 0.6 is 11.6 Å². The summed E-state index contributed by atoms with van der Waals surface area (Å²) in [4.78, 5) is 41.9. The van der Waals surface area contributed by atoms with Crippen LogP contribution in [0.15, 0.2) is 84.1 Å². The number of esters is 1. The number of Topliss-reactive ketones (excluding diaryl/α,β-unsaturated/α-hetero) is 1. The maximum absolute atomic E-state index is 13.8. The second kappa shape index (κ2) is 10.7. The number of nitrogens with zero attached hydrogens (tertiary/aromatic N) is 1. The molecule has 0 spiro atoms. The van der Waals surface area contributed by atoms with E-state index in [1.165, 1.54) is 7.11 Å². The third-order valence-electron chi connectivity index (χ3n) is 5.96. The van der Waals surface area contributed by atoms with Crippen molar-refractivity contribution in [3.63, 3.8) is 0 Å². The molecule has 2 N–H and O–H groups in total. The number of hydrogen-bond acceptors (Lipinski definition) is 6. The van der Waals surface area contributed by atoms with Gasteiger partial charge in [0.2, 0.25) is 11.7 Å². The first-order valence-corrected chi connectivity index (χ1v) is 11.7. The van der Waals surface area contributed by atoms with Gasteiger partial charge in [-0.1, -0.05) is 41.9 Å².